The third-order valence-electron chi connectivity index (χ3n) is 3.41. The topological polar surface area (TPSA) is 67.9 Å². The van der Waals surface area contributed by atoms with Crippen molar-refractivity contribution in [3.8, 4) is 0 Å². The van der Waals surface area contributed by atoms with Crippen molar-refractivity contribution in [2.75, 3.05) is 30.0 Å². The normalized spacial score (nSPS) is 21.9. The number of hydrogen-bond acceptors (Lipinski definition) is 4. The molecule has 2 aliphatic heterocycles. The van der Waals surface area contributed by atoms with Crippen LogP contribution in [0.25, 0.3) is 0 Å². The van der Waals surface area contributed by atoms with Gasteiger partial charge in [0.15, 0.2) is 0 Å². The Morgan fingerprint density at radius 3 is 2.95 bits per heavy atom. The van der Waals surface area contributed by atoms with Gasteiger partial charge in [0.2, 0.25) is 0 Å². The van der Waals surface area contributed by atoms with E-state index in [1.165, 1.54) is 0 Å². The van der Waals surface area contributed by atoms with Crippen LogP contribution in [0.1, 0.15) is 12.8 Å². The Kier molecular flexibility index (Phi) is 3.56. The molecule has 3 rings (SSSR count). The van der Waals surface area contributed by atoms with Crippen molar-refractivity contribution in [2.45, 2.75) is 18.9 Å². The Balaban J connectivity index is 1.70. The summed E-state index contributed by atoms with van der Waals surface area (Å²) in [7, 11) is 0. The van der Waals surface area contributed by atoms with Crippen LogP contribution in [0.15, 0.2) is 24.3 Å². The average molecular weight is 276 g/mol. The van der Waals surface area contributed by atoms with Gasteiger partial charge in [-0.1, -0.05) is 6.07 Å². The lowest BCUT2D eigenvalue weighted by Crippen LogP contribution is -2.27. The zero-order valence-corrected chi connectivity index (χ0v) is 11.0. The molecule has 2 fully saturated rings. The van der Waals surface area contributed by atoms with Gasteiger partial charge in [-0.3, -0.25) is 9.69 Å². The van der Waals surface area contributed by atoms with E-state index >= 15 is 0 Å². The van der Waals surface area contributed by atoms with Crippen molar-refractivity contribution < 1.29 is 19.1 Å². The summed E-state index contributed by atoms with van der Waals surface area (Å²) < 4.78 is 10.2. The fraction of sp³-hybridized carbons (Fsp3) is 0.429. The summed E-state index contributed by atoms with van der Waals surface area (Å²) in [5.41, 5.74) is 1.38. The van der Waals surface area contributed by atoms with Crippen LogP contribution in [0.2, 0.25) is 0 Å². The molecule has 0 bridgehead atoms. The summed E-state index contributed by atoms with van der Waals surface area (Å²) in [4.78, 5) is 25.0. The van der Waals surface area contributed by atoms with E-state index in [0.29, 0.717) is 25.4 Å². The number of carbonyl (C=O) groups excluding carboxylic acids is 2. The van der Waals surface area contributed by atoms with E-state index < -0.39 is 0 Å². The Labute approximate surface area is 116 Å². The highest BCUT2D eigenvalue weighted by Gasteiger charge is 2.25. The standard InChI is InChI=1S/C14H16N2O4/c17-13(12-5-2-7-19-12)15-10-3-1-4-11(9-10)16-6-8-20-14(16)18/h1,3-4,9,12H,2,5-8H2,(H,15,17)/t12-/m0/s1. The molecule has 0 spiro atoms. The van der Waals surface area contributed by atoms with Gasteiger partial charge < -0.3 is 14.8 Å². The third kappa shape index (κ3) is 2.60. The number of carbonyl (C=O) groups is 2. The van der Waals surface area contributed by atoms with Gasteiger partial charge in [-0.15, -0.1) is 0 Å². The maximum atomic E-state index is 12.0. The molecule has 0 aliphatic carbocycles. The van der Waals surface area contributed by atoms with E-state index in [2.05, 4.69) is 5.32 Å². The second kappa shape index (κ2) is 5.50. The van der Waals surface area contributed by atoms with Crippen LogP contribution < -0.4 is 10.2 Å². The lowest BCUT2D eigenvalue weighted by Gasteiger charge is -2.15. The molecule has 20 heavy (non-hydrogen) atoms. The molecule has 1 N–H and O–H groups in total. The molecular weight excluding hydrogens is 260 g/mol. The Morgan fingerprint density at radius 2 is 2.25 bits per heavy atom. The zero-order valence-electron chi connectivity index (χ0n) is 11.0. The number of benzene rings is 1. The zero-order chi connectivity index (χ0) is 13.9. The molecule has 1 aromatic carbocycles. The van der Waals surface area contributed by atoms with Crippen molar-refractivity contribution in [2.24, 2.45) is 0 Å². The first kappa shape index (κ1) is 12.9. The predicted octanol–water partition coefficient (Wildman–Crippen LogP) is 1.76. The molecule has 0 radical (unpaired) electrons. The molecule has 0 unspecified atom stereocenters. The number of amides is 2. The summed E-state index contributed by atoms with van der Waals surface area (Å²) in [5.74, 6) is -0.136. The van der Waals surface area contributed by atoms with Crippen LogP contribution in [0, 0.1) is 0 Å². The van der Waals surface area contributed by atoms with Gasteiger partial charge in [0, 0.05) is 18.0 Å². The molecule has 1 atom stereocenters. The molecule has 0 saturated carbocycles. The summed E-state index contributed by atoms with van der Waals surface area (Å²) in [6, 6.07) is 7.16. The number of ether oxygens (including phenoxy) is 2. The van der Waals surface area contributed by atoms with Crippen LogP contribution in [0.5, 0.6) is 0 Å². The minimum absolute atomic E-state index is 0.136. The van der Waals surface area contributed by atoms with Crippen molar-refractivity contribution in [3.05, 3.63) is 24.3 Å². The van der Waals surface area contributed by atoms with Gasteiger partial charge in [0.05, 0.1) is 6.54 Å². The molecule has 6 heteroatoms. The van der Waals surface area contributed by atoms with Gasteiger partial charge in [0.1, 0.15) is 12.7 Å². The Morgan fingerprint density at radius 1 is 1.35 bits per heavy atom. The molecule has 2 heterocycles. The van der Waals surface area contributed by atoms with Gasteiger partial charge in [-0.25, -0.2) is 4.79 Å². The summed E-state index contributed by atoms with van der Waals surface area (Å²) in [5, 5.41) is 2.82. The fourth-order valence-electron chi connectivity index (χ4n) is 2.39. The van der Waals surface area contributed by atoms with E-state index in [1.54, 1.807) is 23.1 Å². The molecule has 2 saturated heterocycles. The number of nitrogens with zero attached hydrogens (tertiary/aromatic N) is 1. The molecule has 0 aromatic heterocycles. The largest absolute Gasteiger partial charge is 0.447 e. The minimum Gasteiger partial charge on any atom is -0.447 e. The highest BCUT2D eigenvalue weighted by atomic mass is 16.6. The highest BCUT2D eigenvalue weighted by molar-refractivity contribution is 5.96. The molecule has 106 valence electrons. The second-order valence-corrected chi connectivity index (χ2v) is 4.81. The lowest BCUT2D eigenvalue weighted by atomic mass is 10.2. The van der Waals surface area contributed by atoms with E-state index in [4.69, 9.17) is 9.47 Å². The smallest absolute Gasteiger partial charge is 0.414 e. The third-order valence-corrected chi connectivity index (χ3v) is 3.41. The predicted molar refractivity (Wildman–Crippen MR) is 72.7 cm³/mol. The molecule has 2 amide bonds. The van der Waals surface area contributed by atoms with Crippen LogP contribution in [0.4, 0.5) is 16.2 Å². The van der Waals surface area contributed by atoms with Crippen molar-refractivity contribution in [3.63, 3.8) is 0 Å². The second-order valence-electron chi connectivity index (χ2n) is 4.81. The summed E-state index contributed by atoms with van der Waals surface area (Å²) in [6.07, 6.45) is 0.949. The van der Waals surface area contributed by atoms with E-state index in [-0.39, 0.29) is 18.1 Å². The molecule has 6 nitrogen and oxygen atoms in total. The number of hydrogen-bond donors (Lipinski definition) is 1. The SMILES string of the molecule is O=C(Nc1cccc(N2CCOC2=O)c1)[C@@H]1CCCO1. The molecule has 1 aromatic rings. The van der Waals surface area contributed by atoms with E-state index in [9.17, 15) is 9.59 Å². The van der Waals surface area contributed by atoms with Gasteiger partial charge >= 0.3 is 6.09 Å². The van der Waals surface area contributed by atoms with Gasteiger partial charge in [-0.2, -0.15) is 0 Å². The van der Waals surface area contributed by atoms with Crippen LogP contribution in [-0.2, 0) is 14.3 Å². The lowest BCUT2D eigenvalue weighted by molar-refractivity contribution is -0.124. The van der Waals surface area contributed by atoms with Crippen LogP contribution >= 0.6 is 0 Å². The maximum absolute atomic E-state index is 12.0. The number of anilines is 2. The van der Waals surface area contributed by atoms with Crippen LogP contribution in [-0.4, -0.2) is 37.9 Å². The quantitative estimate of drug-likeness (QED) is 0.913. The minimum atomic E-state index is -0.365. The van der Waals surface area contributed by atoms with Gasteiger partial charge in [0.25, 0.3) is 5.91 Å². The van der Waals surface area contributed by atoms with Gasteiger partial charge in [-0.05, 0) is 31.0 Å². The Bertz CT molecular complexity index is 526. The average Bonchev–Trinajstić information content (AvgIpc) is 3.10. The van der Waals surface area contributed by atoms with Crippen molar-refractivity contribution >= 4 is 23.4 Å². The first-order chi connectivity index (χ1) is 9.74. The number of nitrogens with one attached hydrogen (secondary N) is 1. The number of rotatable bonds is 3. The number of cyclic esters (lactones) is 1. The van der Waals surface area contributed by atoms with E-state index in [1.807, 2.05) is 6.07 Å². The molecular formula is C14H16N2O4. The summed E-state index contributed by atoms with van der Waals surface area (Å²) in [6.45, 7) is 1.56. The first-order valence-corrected chi connectivity index (χ1v) is 6.71. The van der Waals surface area contributed by atoms with Crippen molar-refractivity contribution in [1.29, 1.82) is 0 Å². The summed E-state index contributed by atoms with van der Waals surface area (Å²) >= 11 is 0. The highest BCUT2D eigenvalue weighted by Crippen LogP contribution is 2.23. The fourth-order valence-corrected chi connectivity index (χ4v) is 2.39. The van der Waals surface area contributed by atoms with Crippen LogP contribution in [0.3, 0.4) is 0 Å². The Hall–Kier alpha value is -2.08. The maximum Gasteiger partial charge on any atom is 0.414 e. The van der Waals surface area contributed by atoms with E-state index in [0.717, 1.165) is 18.5 Å². The monoisotopic (exact) mass is 276 g/mol. The first-order valence-electron chi connectivity index (χ1n) is 6.71. The molecule has 2 aliphatic rings. The van der Waals surface area contributed by atoms with Crippen molar-refractivity contribution in [1.82, 2.24) is 0 Å².